The number of nitriles is 1. The first-order valence-electron chi connectivity index (χ1n) is 5.54. The molecule has 1 aromatic carbocycles. The van der Waals surface area contributed by atoms with Gasteiger partial charge in [-0.3, -0.25) is 0 Å². The van der Waals surface area contributed by atoms with Gasteiger partial charge in [-0.15, -0.1) is 0 Å². The third-order valence-corrected chi connectivity index (χ3v) is 3.24. The van der Waals surface area contributed by atoms with E-state index in [0.29, 0.717) is 27.4 Å². The molecule has 0 saturated heterocycles. The van der Waals surface area contributed by atoms with Gasteiger partial charge < -0.3 is 4.74 Å². The van der Waals surface area contributed by atoms with E-state index in [1.807, 2.05) is 13.8 Å². The summed E-state index contributed by atoms with van der Waals surface area (Å²) in [6.07, 6.45) is 1.52. The summed E-state index contributed by atoms with van der Waals surface area (Å²) in [5.41, 5.74) is -0.336. The smallest absolute Gasteiger partial charge is 0.156 e. The fraction of sp³-hybridized carbons (Fsp3) is 0.462. The summed E-state index contributed by atoms with van der Waals surface area (Å²) < 4.78 is 5.53. The minimum absolute atomic E-state index is 0.336. The molecule has 2 nitrogen and oxygen atoms in total. The fourth-order valence-electron chi connectivity index (χ4n) is 1.41. The van der Waals surface area contributed by atoms with Crippen molar-refractivity contribution in [2.45, 2.75) is 26.7 Å². The second kappa shape index (κ2) is 6.52. The highest BCUT2D eigenvalue weighted by Gasteiger charge is 2.16. The number of benzene rings is 1. The van der Waals surface area contributed by atoms with Crippen LogP contribution in [0.3, 0.4) is 0 Å². The minimum Gasteiger partial charge on any atom is -0.490 e. The molecular formula is C13H14Cl3NO. The summed E-state index contributed by atoms with van der Waals surface area (Å²) in [6, 6.07) is 5.42. The monoisotopic (exact) mass is 305 g/mol. The van der Waals surface area contributed by atoms with Crippen molar-refractivity contribution in [3.63, 3.8) is 0 Å². The number of halogens is 3. The number of rotatable bonds is 5. The average Bonchev–Trinajstić information content (AvgIpc) is 2.26. The van der Waals surface area contributed by atoms with E-state index in [9.17, 15) is 0 Å². The Kier molecular flexibility index (Phi) is 5.59. The van der Waals surface area contributed by atoms with Crippen LogP contribution in [-0.4, -0.2) is 6.61 Å². The Labute approximate surface area is 122 Å². The van der Waals surface area contributed by atoms with Gasteiger partial charge in [-0.2, -0.15) is 5.26 Å². The van der Waals surface area contributed by atoms with Crippen LogP contribution in [0, 0.1) is 16.7 Å². The van der Waals surface area contributed by atoms with Crippen LogP contribution in [0.4, 0.5) is 0 Å². The second-order valence-corrected chi connectivity index (χ2v) is 5.90. The van der Waals surface area contributed by atoms with Crippen molar-refractivity contribution in [1.29, 1.82) is 5.26 Å². The highest BCUT2D eigenvalue weighted by Crippen LogP contribution is 2.36. The van der Waals surface area contributed by atoms with E-state index in [1.54, 1.807) is 12.1 Å². The summed E-state index contributed by atoms with van der Waals surface area (Å²) in [5, 5.41) is 10.1. The quantitative estimate of drug-likeness (QED) is 0.686. The van der Waals surface area contributed by atoms with Crippen molar-refractivity contribution < 1.29 is 4.74 Å². The van der Waals surface area contributed by atoms with E-state index in [-0.39, 0.29) is 5.41 Å². The predicted molar refractivity (Wildman–Crippen MR) is 75.6 cm³/mol. The summed E-state index contributed by atoms with van der Waals surface area (Å²) in [5.74, 6) is 0.442. The maximum Gasteiger partial charge on any atom is 0.156 e. The first kappa shape index (κ1) is 15.4. The number of ether oxygens (including phenoxy) is 1. The van der Waals surface area contributed by atoms with Gasteiger partial charge in [0, 0.05) is 5.02 Å². The van der Waals surface area contributed by atoms with E-state index in [0.717, 1.165) is 12.8 Å². The molecule has 0 radical (unpaired) electrons. The van der Waals surface area contributed by atoms with Gasteiger partial charge in [-0.25, -0.2) is 0 Å². The van der Waals surface area contributed by atoms with Crippen LogP contribution in [0.2, 0.25) is 15.1 Å². The molecule has 0 unspecified atom stereocenters. The Morgan fingerprint density at radius 2 is 1.78 bits per heavy atom. The van der Waals surface area contributed by atoms with Crippen LogP contribution in [0.1, 0.15) is 26.7 Å². The molecule has 0 bridgehead atoms. The van der Waals surface area contributed by atoms with Crippen molar-refractivity contribution in [1.82, 2.24) is 0 Å². The summed E-state index contributed by atoms with van der Waals surface area (Å²) >= 11 is 17.8. The molecule has 1 rings (SSSR count). The molecule has 1 aromatic rings. The van der Waals surface area contributed by atoms with E-state index in [1.165, 1.54) is 0 Å². The Bertz CT molecular complexity index is 443. The zero-order valence-corrected chi connectivity index (χ0v) is 12.5. The van der Waals surface area contributed by atoms with Gasteiger partial charge >= 0.3 is 0 Å². The third kappa shape index (κ3) is 4.57. The lowest BCUT2D eigenvalue weighted by Gasteiger charge is -2.15. The topological polar surface area (TPSA) is 33.0 Å². The van der Waals surface area contributed by atoms with Crippen molar-refractivity contribution in [2.75, 3.05) is 6.61 Å². The minimum atomic E-state index is -0.336. The van der Waals surface area contributed by atoms with Crippen molar-refractivity contribution in [2.24, 2.45) is 5.41 Å². The average molecular weight is 307 g/mol. The molecule has 0 aliphatic rings. The van der Waals surface area contributed by atoms with Crippen molar-refractivity contribution in [3.8, 4) is 11.8 Å². The van der Waals surface area contributed by atoms with Gasteiger partial charge in [0.2, 0.25) is 0 Å². The molecule has 18 heavy (non-hydrogen) atoms. The number of nitrogens with zero attached hydrogens (tertiary/aromatic N) is 1. The molecule has 98 valence electrons. The molecule has 5 heteroatoms. The molecule has 0 N–H and O–H groups in total. The van der Waals surface area contributed by atoms with E-state index >= 15 is 0 Å². The van der Waals surface area contributed by atoms with Crippen LogP contribution < -0.4 is 4.74 Å². The maximum absolute atomic E-state index is 8.88. The number of hydrogen-bond donors (Lipinski definition) is 0. The second-order valence-electron chi connectivity index (χ2n) is 4.65. The summed E-state index contributed by atoms with van der Waals surface area (Å²) in [7, 11) is 0. The van der Waals surface area contributed by atoms with Gasteiger partial charge in [0.05, 0.1) is 28.1 Å². The molecular weight excluding hydrogens is 293 g/mol. The van der Waals surface area contributed by atoms with Crippen molar-refractivity contribution >= 4 is 34.8 Å². The lowest BCUT2D eigenvalue weighted by molar-refractivity contribution is 0.284. The van der Waals surface area contributed by atoms with Crippen LogP contribution in [0.15, 0.2) is 12.1 Å². The molecule has 0 fully saturated rings. The zero-order valence-electron chi connectivity index (χ0n) is 10.3. The lowest BCUT2D eigenvalue weighted by Crippen LogP contribution is -2.10. The standard InChI is InChI=1S/C13H14Cl3NO/c1-13(2,8-17)4-3-5-18-12-10(15)6-9(14)7-11(12)16/h6-7H,3-5H2,1-2H3. The Hall–Kier alpha value is -0.620. The fourth-order valence-corrected chi connectivity index (χ4v) is 2.34. The molecule has 0 aliphatic heterocycles. The van der Waals surface area contributed by atoms with Crippen LogP contribution in [0.25, 0.3) is 0 Å². The van der Waals surface area contributed by atoms with Gasteiger partial charge in [0.15, 0.2) is 5.75 Å². The molecule has 0 atom stereocenters. The lowest BCUT2D eigenvalue weighted by atomic mass is 9.90. The molecule has 0 amide bonds. The predicted octanol–water partition coefficient (Wildman–Crippen LogP) is 5.36. The SMILES string of the molecule is CC(C)(C#N)CCCOc1c(Cl)cc(Cl)cc1Cl. The Balaban J connectivity index is 2.53. The van der Waals surface area contributed by atoms with Crippen LogP contribution in [0.5, 0.6) is 5.75 Å². The normalized spacial score (nSPS) is 11.1. The number of hydrogen-bond acceptors (Lipinski definition) is 2. The summed E-state index contributed by atoms with van der Waals surface area (Å²) in [4.78, 5) is 0. The van der Waals surface area contributed by atoms with E-state index in [2.05, 4.69) is 6.07 Å². The van der Waals surface area contributed by atoms with Crippen LogP contribution in [-0.2, 0) is 0 Å². The van der Waals surface area contributed by atoms with E-state index in [4.69, 9.17) is 44.8 Å². The molecule has 0 aliphatic carbocycles. The van der Waals surface area contributed by atoms with Gasteiger partial charge in [-0.05, 0) is 38.8 Å². The zero-order chi connectivity index (χ0) is 13.8. The molecule has 0 spiro atoms. The van der Waals surface area contributed by atoms with Gasteiger partial charge in [0.25, 0.3) is 0 Å². The summed E-state index contributed by atoms with van der Waals surface area (Å²) in [6.45, 7) is 4.26. The van der Waals surface area contributed by atoms with Gasteiger partial charge in [-0.1, -0.05) is 34.8 Å². The Morgan fingerprint density at radius 3 is 2.28 bits per heavy atom. The van der Waals surface area contributed by atoms with Gasteiger partial charge in [0.1, 0.15) is 0 Å². The van der Waals surface area contributed by atoms with E-state index < -0.39 is 0 Å². The van der Waals surface area contributed by atoms with Crippen molar-refractivity contribution in [3.05, 3.63) is 27.2 Å². The first-order chi connectivity index (χ1) is 8.35. The molecule has 0 heterocycles. The Morgan fingerprint density at radius 1 is 1.22 bits per heavy atom. The maximum atomic E-state index is 8.88. The third-order valence-electron chi connectivity index (χ3n) is 2.46. The highest BCUT2D eigenvalue weighted by molar-refractivity contribution is 6.40. The molecule has 0 aromatic heterocycles. The first-order valence-corrected chi connectivity index (χ1v) is 6.68. The molecule has 0 saturated carbocycles. The van der Waals surface area contributed by atoms with Crippen LogP contribution >= 0.6 is 34.8 Å². The largest absolute Gasteiger partial charge is 0.490 e. The highest BCUT2D eigenvalue weighted by atomic mass is 35.5.